The molecule has 0 unspecified atom stereocenters. The van der Waals surface area contributed by atoms with Crippen LogP contribution in [-0.2, 0) is 9.59 Å². The van der Waals surface area contributed by atoms with Gasteiger partial charge in [0, 0.05) is 20.7 Å². The Morgan fingerprint density at radius 1 is 1.22 bits per heavy atom. The van der Waals surface area contributed by atoms with E-state index in [9.17, 15) is 14.0 Å². The lowest BCUT2D eigenvalue weighted by molar-refractivity contribution is -0.125. The van der Waals surface area contributed by atoms with E-state index < -0.39 is 11.8 Å². The van der Waals surface area contributed by atoms with Crippen LogP contribution in [0, 0.1) is 12.7 Å². The van der Waals surface area contributed by atoms with Gasteiger partial charge in [0.15, 0.2) is 0 Å². The first-order chi connectivity index (χ1) is 11.0. The maximum atomic E-state index is 13.4. The summed E-state index contributed by atoms with van der Waals surface area (Å²) in [4.78, 5) is 25.7. The van der Waals surface area contributed by atoms with Crippen molar-refractivity contribution in [1.29, 1.82) is 0 Å². The average molecular weight is 350 g/mol. The number of amides is 2. The summed E-state index contributed by atoms with van der Waals surface area (Å²) in [7, 11) is 0. The smallest absolute Gasteiger partial charge is 0.262 e. The van der Waals surface area contributed by atoms with Crippen LogP contribution in [0.2, 0.25) is 0 Å². The highest BCUT2D eigenvalue weighted by Gasteiger charge is 2.06. The maximum Gasteiger partial charge on any atom is 0.262 e. The third-order valence-electron chi connectivity index (χ3n) is 2.68. The Bertz CT molecular complexity index is 728. The predicted molar refractivity (Wildman–Crippen MR) is 91.5 cm³/mol. The van der Waals surface area contributed by atoms with E-state index >= 15 is 0 Å². The monoisotopic (exact) mass is 350 g/mol. The minimum atomic E-state index is -0.430. The number of carbonyl (C=O) groups excluding carboxylic acids is 2. The molecule has 2 N–H and O–H groups in total. The topological polar surface area (TPSA) is 58.2 Å². The molecule has 120 valence electrons. The maximum absolute atomic E-state index is 13.4. The van der Waals surface area contributed by atoms with E-state index in [0.717, 1.165) is 21.5 Å². The number of rotatable bonds is 5. The summed E-state index contributed by atoms with van der Waals surface area (Å²) in [6, 6.07) is 10.1. The third-order valence-corrected chi connectivity index (χ3v) is 4.70. The molecule has 4 nitrogen and oxygen atoms in total. The number of hydrazine groups is 1. The predicted octanol–water partition coefficient (Wildman–Crippen LogP) is 3.15. The van der Waals surface area contributed by atoms with Crippen LogP contribution in [0.3, 0.4) is 0 Å². The van der Waals surface area contributed by atoms with Crippen LogP contribution in [0.5, 0.6) is 0 Å². The highest BCUT2D eigenvalue weighted by atomic mass is 32.2. The zero-order valence-electron chi connectivity index (χ0n) is 12.3. The standard InChI is InChI=1S/C16H15FN2O2S2/c1-11-6-7-12(23-11)8-9-15(20)18-19-16(21)10-22-14-5-3-2-4-13(14)17/h2-9H,10H2,1H3,(H,18,20)(H,19,21)/b9-8+. The zero-order chi connectivity index (χ0) is 16.7. The number of carbonyl (C=O) groups is 2. The van der Waals surface area contributed by atoms with E-state index in [1.165, 1.54) is 12.1 Å². The van der Waals surface area contributed by atoms with Gasteiger partial charge < -0.3 is 0 Å². The van der Waals surface area contributed by atoms with Gasteiger partial charge >= 0.3 is 0 Å². The first kappa shape index (κ1) is 17.2. The van der Waals surface area contributed by atoms with Gasteiger partial charge in [0.1, 0.15) is 5.82 Å². The molecule has 0 bridgehead atoms. The normalized spacial score (nSPS) is 10.7. The molecule has 0 aliphatic rings. The molecule has 7 heteroatoms. The summed E-state index contributed by atoms with van der Waals surface area (Å²) in [6.45, 7) is 1.98. The average Bonchev–Trinajstić information content (AvgIpc) is 2.95. The Balaban J connectivity index is 1.72. The fraction of sp³-hybridized carbons (Fsp3) is 0.125. The van der Waals surface area contributed by atoms with Crippen LogP contribution in [-0.4, -0.2) is 17.6 Å². The largest absolute Gasteiger partial charge is 0.272 e. The number of aryl methyl sites for hydroxylation is 1. The van der Waals surface area contributed by atoms with Crippen LogP contribution in [0.1, 0.15) is 9.75 Å². The zero-order valence-corrected chi connectivity index (χ0v) is 14.0. The molecule has 0 saturated carbocycles. The Morgan fingerprint density at radius 3 is 2.70 bits per heavy atom. The third kappa shape index (κ3) is 5.88. The van der Waals surface area contributed by atoms with Crippen molar-refractivity contribution in [3.05, 3.63) is 58.0 Å². The van der Waals surface area contributed by atoms with Gasteiger partial charge in [0.2, 0.25) is 5.91 Å². The number of halogens is 1. The molecule has 1 aromatic carbocycles. The molecule has 2 aromatic rings. The van der Waals surface area contributed by atoms with Crippen LogP contribution >= 0.6 is 23.1 Å². The molecule has 2 amide bonds. The second-order valence-corrected chi connectivity index (χ2v) is 6.87. The van der Waals surface area contributed by atoms with Crippen molar-refractivity contribution in [3.63, 3.8) is 0 Å². The number of benzene rings is 1. The molecule has 0 aliphatic heterocycles. The Kier molecular flexibility index (Phi) is 6.37. The second kappa shape index (κ2) is 8.50. The molecule has 0 fully saturated rings. The molecule has 0 saturated heterocycles. The minimum absolute atomic E-state index is 0.00898. The van der Waals surface area contributed by atoms with Gasteiger partial charge in [0.25, 0.3) is 5.91 Å². The summed E-state index contributed by atoms with van der Waals surface area (Å²) in [5.41, 5.74) is 4.57. The molecule has 0 aliphatic carbocycles. The van der Waals surface area contributed by atoms with E-state index in [0.29, 0.717) is 4.90 Å². The van der Waals surface area contributed by atoms with Gasteiger partial charge in [-0.05, 0) is 37.3 Å². The van der Waals surface area contributed by atoms with E-state index in [4.69, 9.17) is 0 Å². The van der Waals surface area contributed by atoms with Crippen molar-refractivity contribution in [2.75, 3.05) is 5.75 Å². The van der Waals surface area contributed by atoms with Crippen LogP contribution in [0.25, 0.3) is 6.08 Å². The van der Waals surface area contributed by atoms with Gasteiger partial charge in [-0.2, -0.15) is 0 Å². The molecule has 0 radical (unpaired) electrons. The number of thiophene rings is 1. The SMILES string of the molecule is Cc1ccc(/C=C/C(=O)NNC(=O)CSc2ccccc2F)s1. The first-order valence-corrected chi connectivity index (χ1v) is 8.55. The lowest BCUT2D eigenvalue weighted by Gasteiger charge is -2.05. The fourth-order valence-electron chi connectivity index (χ4n) is 1.61. The lowest BCUT2D eigenvalue weighted by Crippen LogP contribution is -2.41. The number of nitrogens with one attached hydrogen (secondary N) is 2. The molecule has 2 rings (SSSR count). The minimum Gasteiger partial charge on any atom is -0.272 e. The number of thioether (sulfide) groups is 1. The van der Waals surface area contributed by atoms with Crippen molar-refractivity contribution in [3.8, 4) is 0 Å². The summed E-state index contributed by atoms with van der Waals surface area (Å²) >= 11 is 2.63. The van der Waals surface area contributed by atoms with Gasteiger partial charge in [-0.1, -0.05) is 12.1 Å². The van der Waals surface area contributed by atoms with E-state index in [1.54, 1.807) is 35.6 Å². The summed E-state index contributed by atoms with van der Waals surface area (Å²) in [5.74, 6) is -1.20. The molecule has 1 aromatic heterocycles. The van der Waals surface area contributed by atoms with Crippen molar-refractivity contribution in [2.45, 2.75) is 11.8 Å². The molecular weight excluding hydrogens is 335 g/mol. The summed E-state index contributed by atoms with van der Waals surface area (Å²) < 4.78 is 13.4. The van der Waals surface area contributed by atoms with Gasteiger partial charge in [-0.15, -0.1) is 23.1 Å². The Hall–Kier alpha value is -2.12. The first-order valence-electron chi connectivity index (χ1n) is 6.75. The van der Waals surface area contributed by atoms with Crippen LogP contribution in [0.15, 0.2) is 47.4 Å². The van der Waals surface area contributed by atoms with Crippen molar-refractivity contribution >= 4 is 41.0 Å². The van der Waals surface area contributed by atoms with Crippen LogP contribution < -0.4 is 10.9 Å². The highest BCUT2D eigenvalue weighted by Crippen LogP contribution is 2.20. The second-order valence-electron chi connectivity index (χ2n) is 4.54. The Labute approximate surface area is 141 Å². The lowest BCUT2D eigenvalue weighted by atomic mass is 10.3. The van der Waals surface area contributed by atoms with Gasteiger partial charge in [-0.25, -0.2) is 4.39 Å². The van der Waals surface area contributed by atoms with Crippen molar-refractivity contribution in [2.24, 2.45) is 0 Å². The summed E-state index contributed by atoms with van der Waals surface area (Å²) in [6.07, 6.45) is 3.02. The fourth-order valence-corrected chi connectivity index (χ4v) is 3.13. The van der Waals surface area contributed by atoms with Crippen molar-refractivity contribution < 1.29 is 14.0 Å². The van der Waals surface area contributed by atoms with Gasteiger partial charge in [-0.3, -0.25) is 20.4 Å². The van der Waals surface area contributed by atoms with Crippen LogP contribution in [0.4, 0.5) is 4.39 Å². The number of hydrogen-bond acceptors (Lipinski definition) is 4. The van der Waals surface area contributed by atoms with Crippen molar-refractivity contribution in [1.82, 2.24) is 10.9 Å². The number of hydrogen-bond donors (Lipinski definition) is 2. The molecule has 23 heavy (non-hydrogen) atoms. The molecule has 1 heterocycles. The quantitative estimate of drug-likeness (QED) is 0.495. The summed E-state index contributed by atoms with van der Waals surface area (Å²) in [5, 5.41) is 0. The van der Waals surface area contributed by atoms with E-state index in [1.807, 2.05) is 19.1 Å². The van der Waals surface area contributed by atoms with E-state index in [2.05, 4.69) is 10.9 Å². The molecule has 0 atom stereocenters. The van der Waals surface area contributed by atoms with E-state index in [-0.39, 0.29) is 11.6 Å². The Morgan fingerprint density at radius 2 is 2.00 bits per heavy atom. The van der Waals surface area contributed by atoms with Gasteiger partial charge in [0.05, 0.1) is 5.75 Å². The molecular formula is C16H15FN2O2S2. The highest BCUT2D eigenvalue weighted by molar-refractivity contribution is 8.00. The molecule has 0 spiro atoms.